The van der Waals surface area contributed by atoms with Crippen LogP contribution in [-0.2, 0) is 9.53 Å². The summed E-state index contributed by atoms with van der Waals surface area (Å²) in [6.07, 6.45) is 1.65. The zero-order valence-electron chi connectivity index (χ0n) is 11.8. The third-order valence-corrected chi connectivity index (χ3v) is 2.74. The van der Waals surface area contributed by atoms with Gasteiger partial charge in [-0.2, -0.15) is 5.10 Å². The molecule has 110 valence electrons. The van der Waals surface area contributed by atoms with E-state index in [0.717, 1.165) is 0 Å². The van der Waals surface area contributed by atoms with E-state index in [1.807, 2.05) is 6.07 Å². The molecular weight excluding hydrogens is 272 g/mol. The smallest absolute Gasteiger partial charge is 0.328 e. The first-order valence-corrected chi connectivity index (χ1v) is 6.56. The van der Waals surface area contributed by atoms with Crippen LogP contribution < -0.4 is 5.32 Å². The molecule has 2 rings (SSSR count). The lowest BCUT2D eigenvalue weighted by molar-refractivity contribution is -0.144. The first-order valence-electron chi connectivity index (χ1n) is 6.56. The minimum absolute atomic E-state index is 0.256. The number of hydrogen-bond acceptors (Lipinski definition) is 5. The van der Waals surface area contributed by atoms with Gasteiger partial charge in [0.15, 0.2) is 0 Å². The Hall–Kier alpha value is -2.70. The lowest BCUT2D eigenvalue weighted by Gasteiger charge is -2.11. The number of carbonyl (C=O) groups excluding carboxylic acids is 2. The van der Waals surface area contributed by atoms with E-state index in [0.29, 0.717) is 11.4 Å². The van der Waals surface area contributed by atoms with Gasteiger partial charge in [0.2, 0.25) is 0 Å². The molecule has 0 bridgehead atoms. The van der Waals surface area contributed by atoms with Crippen LogP contribution in [0.4, 0.5) is 0 Å². The van der Waals surface area contributed by atoms with E-state index in [1.54, 1.807) is 38.2 Å². The summed E-state index contributed by atoms with van der Waals surface area (Å²) in [5.74, 6) is -0.902. The summed E-state index contributed by atoms with van der Waals surface area (Å²) in [6, 6.07) is 6.28. The number of amides is 1. The fourth-order valence-electron chi connectivity index (χ4n) is 1.68. The topological polar surface area (TPSA) is 97.0 Å². The lowest BCUT2D eigenvalue weighted by atomic mass is 10.2. The van der Waals surface area contributed by atoms with Gasteiger partial charge in [0, 0.05) is 6.20 Å². The van der Waals surface area contributed by atoms with Crippen LogP contribution in [0, 0.1) is 0 Å². The second-order valence-corrected chi connectivity index (χ2v) is 4.33. The number of H-pyrrole nitrogens is 1. The van der Waals surface area contributed by atoms with Crippen LogP contribution in [0.15, 0.2) is 30.5 Å². The van der Waals surface area contributed by atoms with Crippen LogP contribution in [0.1, 0.15) is 24.3 Å². The maximum absolute atomic E-state index is 12.0. The molecule has 0 radical (unpaired) electrons. The Morgan fingerprint density at radius 2 is 2.19 bits per heavy atom. The fraction of sp³-hybridized carbons (Fsp3) is 0.286. The average molecular weight is 288 g/mol. The number of aromatic amines is 1. The van der Waals surface area contributed by atoms with Crippen LogP contribution in [0.25, 0.3) is 11.4 Å². The van der Waals surface area contributed by atoms with E-state index >= 15 is 0 Å². The predicted molar refractivity (Wildman–Crippen MR) is 75.4 cm³/mol. The molecule has 0 unspecified atom stereocenters. The molecule has 21 heavy (non-hydrogen) atoms. The molecule has 7 nitrogen and oxygen atoms in total. The van der Waals surface area contributed by atoms with Crippen molar-refractivity contribution < 1.29 is 14.3 Å². The molecule has 0 aromatic carbocycles. The number of nitrogens with one attached hydrogen (secondary N) is 2. The summed E-state index contributed by atoms with van der Waals surface area (Å²) in [6.45, 7) is 3.54. The second kappa shape index (κ2) is 6.65. The Morgan fingerprint density at radius 1 is 1.38 bits per heavy atom. The third kappa shape index (κ3) is 3.65. The van der Waals surface area contributed by atoms with Crippen molar-refractivity contribution in [2.45, 2.75) is 19.9 Å². The van der Waals surface area contributed by atoms with Crippen molar-refractivity contribution in [2.75, 3.05) is 6.61 Å². The number of hydrogen-bond donors (Lipinski definition) is 2. The number of ether oxygens (including phenoxy) is 1. The monoisotopic (exact) mass is 288 g/mol. The van der Waals surface area contributed by atoms with Gasteiger partial charge in [-0.1, -0.05) is 6.07 Å². The molecule has 1 atom stereocenters. The Balaban J connectivity index is 2.04. The number of nitrogens with zero attached hydrogens (tertiary/aromatic N) is 2. The molecule has 0 fully saturated rings. The maximum Gasteiger partial charge on any atom is 0.328 e. The van der Waals surface area contributed by atoms with Crippen molar-refractivity contribution in [3.63, 3.8) is 0 Å². The zero-order valence-corrected chi connectivity index (χ0v) is 11.8. The molecule has 1 amide bonds. The summed E-state index contributed by atoms with van der Waals surface area (Å²) in [4.78, 5) is 27.6. The van der Waals surface area contributed by atoms with Gasteiger partial charge >= 0.3 is 5.97 Å². The van der Waals surface area contributed by atoms with Gasteiger partial charge in [0.05, 0.1) is 12.3 Å². The third-order valence-electron chi connectivity index (χ3n) is 2.74. The Labute approximate surface area is 121 Å². The second-order valence-electron chi connectivity index (χ2n) is 4.33. The average Bonchev–Trinajstić information content (AvgIpc) is 2.98. The number of pyridine rings is 1. The molecule has 2 heterocycles. The Kier molecular flexibility index (Phi) is 4.65. The molecule has 2 aromatic heterocycles. The van der Waals surface area contributed by atoms with E-state index in [1.165, 1.54) is 0 Å². The number of esters is 1. The highest BCUT2D eigenvalue weighted by molar-refractivity contribution is 5.95. The number of carbonyl (C=O) groups is 2. The van der Waals surface area contributed by atoms with E-state index in [-0.39, 0.29) is 12.3 Å². The van der Waals surface area contributed by atoms with Crippen molar-refractivity contribution in [1.82, 2.24) is 20.5 Å². The van der Waals surface area contributed by atoms with Gasteiger partial charge in [-0.3, -0.25) is 14.9 Å². The molecule has 0 aliphatic rings. The van der Waals surface area contributed by atoms with E-state index < -0.39 is 17.9 Å². The van der Waals surface area contributed by atoms with Gasteiger partial charge < -0.3 is 10.1 Å². The van der Waals surface area contributed by atoms with Gasteiger partial charge in [-0.05, 0) is 32.0 Å². The molecule has 0 spiro atoms. The quantitative estimate of drug-likeness (QED) is 0.804. The largest absolute Gasteiger partial charge is 0.464 e. The van der Waals surface area contributed by atoms with Crippen molar-refractivity contribution in [1.29, 1.82) is 0 Å². The normalized spacial score (nSPS) is 11.7. The Bertz CT molecular complexity index is 624. The first kappa shape index (κ1) is 14.7. The van der Waals surface area contributed by atoms with E-state index in [4.69, 9.17) is 4.74 Å². The van der Waals surface area contributed by atoms with Gasteiger partial charge in [0.1, 0.15) is 17.4 Å². The minimum atomic E-state index is -0.723. The molecule has 2 aromatic rings. The molecule has 0 saturated heterocycles. The van der Waals surface area contributed by atoms with E-state index in [2.05, 4.69) is 20.5 Å². The summed E-state index contributed by atoms with van der Waals surface area (Å²) in [5.41, 5.74) is 1.47. The number of rotatable bonds is 5. The van der Waals surface area contributed by atoms with Crippen LogP contribution >= 0.6 is 0 Å². The minimum Gasteiger partial charge on any atom is -0.464 e. The first-order chi connectivity index (χ1) is 10.1. The summed E-state index contributed by atoms with van der Waals surface area (Å²) < 4.78 is 4.83. The van der Waals surface area contributed by atoms with Crippen molar-refractivity contribution in [2.24, 2.45) is 0 Å². The molecular formula is C14H16N4O3. The van der Waals surface area contributed by atoms with Crippen LogP contribution in [0.5, 0.6) is 0 Å². The summed E-state index contributed by atoms with van der Waals surface area (Å²) in [7, 11) is 0. The highest BCUT2D eigenvalue weighted by Crippen LogP contribution is 2.14. The zero-order chi connectivity index (χ0) is 15.2. The molecule has 0 aliphatic heterocycles. The Morgan fingerprint density at radius 3 is 2.86 bits per heavy atom. The van der Waals surface area contributed by atoms with Crippen molar-refractivity contribution in [3.8, 4) is 11.4 Å². The van der Waals surface area contributed by atoms with Crippen LogP contribution in [0.2, 0.25) is 0 Å². The van der Waals surface area contributed by atoms with Crippen molar-refractivity contribution >= 4 is 11.9 Å². The van der Waals surface area contributed by atoms with E-state index in [9.17, 15) is 9.59 Å². The number of aromatic nitrogens is 3. The SMILES string of the molecule is CCOC(=O)[C@@H](C)NC(=O)c1cc(-c2ccccn2)n[nH]1. The highest BCUT2D eigenvalue weighted by atomic mass is 16.5. The maximum atomic E-state index is 12.0. The molecule has 0 saturated carbocycles. The lowest BCUT2D eigenvalue weighted by Crippen LogP contribution is -2.39. The fourth-order valence-corrected chi connectivity index (χ4v) is 1.68. The van der Waals surface area contributed by atoms with Gasteiger partial charge in [-0.25, -0.2) is 4.79 Å². The van der Waals surface area contributed by atoms with Crippen LogP contribution in [0.3, 0.4) is 0 Å². The molecule has 0 aliphatic carbocycles. The van der Waals surface area contributed by atoms with Gasteiger partial charge in [-0.15, -0.1) is 0 Å². The van der Waals surface area contributed by atoms with Crippen molar-refractivity contribution in [3.05, 3.63) is 36.2 Å². The predicted octanol–water partition coefficient (Wildman–Crippen LogP) is 1.15. The summed E-state index contributed by atoms with van der Waals surface area (Å²) in [5, 5.41) is 9.20. The molecule has 2 N–H and O–H groups in total. The molecule has 7 heteroatoms. The standard InChI is InChI=1S/C14H16N4O3/c1-3-21-14(20)9(2)16-13(19)12-8-11(17-18-12)10-6-4-5-7-15-10/h4-9H,3H2,1-2H3,(H,16,19)(H,17,18)/t9-/m1/s1. The highest BCUT2D eigenvalue weighted by Gasteiger charge is 2.19. The van der Waals surface area contributed by atoms with Gasteiger partial charge in [0.25, 0.3) is 5.91 Å². The van der Waals surface area contributed by atoms with Crippen LogP contribution in [-0.4, -0.2) is 39.7 Å². The summed E-state index contributed by atoms with van der Waals surface area (Å²) >= 11 is 0.